The second-order valence-corrected chi connectivity index (χ2v) is 5.72. The number of aryl methyl sites for hydroxylation is 2. The van der Waals surface area contributed by atoms with Crippen LogP contribution in [-0.4, -0.2) is 36.5 Å². The molecule has 0 unspecified atom stereocenters. The third-order valence-corrected chi connectivity index (χ3v) is 3.80. The van der Waals surface area contributed by atoms with Gasteiger partial charge in [0.15, 0.2) is 0 Å². The van der Waals surface area contributed by atoms with Gasteiger partial charge in [0, 0.05) is 18.7 Å². The lowest BCUT2D eigenvalue weighted by Gasteiger charge is -2.31. The molecule has 1 atom stereocenters. The fourth-order valence-electron chi connectivity index (χ4n) is 2.89. The zero-order valence-corrected chi connectivity index (χ0v) is 13.0. The van der Waals surface area contributed by atoms with Crippen molar-refractivity contribution in [3.05, 3.63) is 34.9 Å². The lowest BCUT2D eigenvalue weighted by molar-refractivity contribution is -0.149. The molecule has 1 aliphatic heterocycles. The Hall–Kier alpha value is -1.84. The smallest absolute Gasteiger partial charge is 0.310 e. The minimum Gasteiger partial charge on any atom is -0.466 e. The van der Waals surface area contributed by atoms with E-state index in [9.17, 15) is 9.59 Å². The molecule has 1 aromatic rings. The Labute approximate surface area is 126 Å². The number of hydrogen-bond acceptors (Lipinski definition) is 3. The molecule has 0 bridgehead atoms. The molecule has 1 fully saturated rings. The summed E-state index contributed by atoms with van der Waals surface area (Å²) in [6, 6.07) is 5.86. The van der Waals surface area contributed by atoms with Gasteiger partial charge in [0.2, 0.25) is 0 Å². The number of esters is 1. The summed E-state index contributed by atoms with van der Waals surface area (Å²) in [7, 11) is 0. The molecule has 1 aromatic carbocycles. The summed E-state index contributed by atoms with van der Waals surface area (Å²) in [4.78, 5) is 26.2. The van der Waals surface area contributed by atoms with Gasteiger partial charge in [-0.2, -0.15) is 0 Å². The van der Waals surface area contributed by atoms with E-state index in [4.69, 9.17) is 4.74 Å². The topological polar surface area (TPSA) is 46.6 Å². The van der Waals surface area contributed by atoms with Crippen LogP contribution < -0.4 is 0 Å². The normalized spacial score (nSPS) is 18.4. The van der Waals surface area contributed by atoms with E-state index in [0.29, 0.717) is 25.3 Å². The van der Waals surface area contributed by atoms with Crippen LogP contribution in [0.3, 0.4) is 0 Å². The molecule has 1 saturated heterocycles. The third-order valence-electron chi connectivity index (χ3n) is 3.80. The van der Waals surface area contributed by atoms with Crippen LogP contribution in [0.2, 0.25) is 0 Å². The third kappa shape index (κ3) is 3.84. The summed E-state index contributed by atoms with van der Waals surface area (Å²) in [5.41, 5.74) is 2.87. The van der Waals surface area contributed by atoms with E-state index in [1.807, 2.05) is 26.0 Å². The maximum Gasteiger partial charge on any atom is 0.310 e. The number of ether oxygens (including phenoxy) is 1. The fraction of sp³-hybridized carbons (Fsp3) is 0.529. The largest absolute Gasteiger partial charge is 0.466 e. The van der Waals surface area contributed by atoms with Crippen LogP contribution >= 0.6 is 0 Å². The van der Waals surface area contributed by atoms with Gasteiger partial charge >= 0.3 is 5.97 Å². The van der Waals surface area contributed by atoms with Crippen LogP contribution in [0.4, 0.5) is 0 Å². The minimum absolute atomic E-state index is 0.01000. The van der Waals surface area contributed by atoms with E-state index in [1.54, 1.807) is 11.8 Å². The first-order valence-electron chi connectivity index (χ1n) is 7.55. The first-order chi connectivity index (χ1) is 10.0. The molecule has 4 heteroatoms. The van der Waals surface area contributed by atoms with Crippen LogP contribution in [-0.2, 0) is 9.53 Å². The Kier molecular flexibility index (Phi) is 4.99. The zero-order chi connectivity index (χ0) is 15.4. The number of likely N-dealkylation sites (tertiary alicyclic amines) is 1. The number of carbonyl (C=O) groups excluding carboxylic acids is 2. The maximum absolute atomic E-state index is 12.6. The number of hydrogen-bond donors (Lipinski definition) is 0. The Morgan fingerprint density at radius 2 is 1.90 bits per heavy atom. The molecule has 1 amide bonds. The molecule has 0 radical (unpaired) electrons. The van der Waals surface area contributed by atoms with Gasteiger partial charge in [-0.05, 0) is 45.7 Å². The molecule has 1 aliphatic rings. The van der Waals surface area contributed by atoms with Gasteiger partial charge in [0.1, 0.15) is 0 Å². The molecule has 0 aromatic heterocycles. The van der Waals surface area contributed by atoms with Gasteiger partial charge in [0.05, 0.1) is 12.5 Å². The highest BCUT2D eigenvalue weighted by Crippen LogP contribution is 2.20. The van der Waals surface area contributed by atoms with Crippen molar-refractivity contribution < 1.29 is 14.3 Å². The highest BCUT2D eigenvalue weighted by molar-refractivity contribution is 5.95. The number of rotatable bonds is 3. The van der Waals surface area contributed by atoms with Crippen molar-refractivity contribution in [2.75, 3.05) is 19.7 Å². The molecular weight excluding hydrogens is 266 g/mol. The fourth-order valence-corrected chi connectivity index (χ4v) is 2.89. The molecule has 0 saturated carbocycles. The van der Waals surface area contributed by atoms with Crippen molar-refractivity contribution in [3.63, 3.8) is 0 Å². The summed E-state index contributed by atoms with van der Waals surface area (Å²) in [6.45, 7) is 7.34. The number of benzene rings is 1. The first kappa shape index (κ1) is 15.5. The lowest BCUT2D eigenvalue weighted by atomic mass is 9.97. The van der Waals surface area contributed by atoms with Gasteiger partial charge in [-0.25, -0.2) is 0 Å². The van der Waals surface area contributed by atoms with Gasteiger partial charge in [-0.3, -0.25) is 9.59 Å². The monoisotopic (exact) mass is 289 g/mol. The summed E-state index contributed by atoms with van der Waals surface area (Å²) in [6.07, 6.45) is 1.65. The molecule has 0 N–H and O–H groups in total. The second kappa shape index (κ2) is 6.74. The Morgan fingerprint density at radius 3 is 2.52 bits per heavy atom. The maximum atomic E-state index is 12.6. The van der Waals surface area contributed by atoms with Crippen molar-refractivity contribution >= 4 is 11.9 Å². The highest BCUT2D eigenvalue weighted by atomic mass is 16.5. The summed E-state index contributed by atoms with van der Waals surface area (Å²) in [5.74, 6) is -0.361. The van der Waals surface area contributed by atoms with Crippen molar-refractivity contribution in [3.8, 4) is 0 Å². The highest BCUT2D eigenvalue weighted by Gasteiger charge is 2.29. The molecular formula is C17H23NO3. The van der Waals surface area contributed by atoms with Crippen molar-refractivity contribution in [2.45, 2.75) is 33.6 Å². The molecule has 114 valence electrons. The Balaban J connectivity index is 2.10. The van der Waals surface area contributed by atoms with Gasteiger partial charge < -0.3 is 9.64 Å². The van der Waals surface area contributed by atoms with E-state index in [1.165, 1.54) is 0 Å². The standard InChI is InChI=1S/C17H23NO3/c1-4-21-17(20)14-6-5-7-18(11-14)16(19)15-9-12(2)8-13(3)10-15/h8-10,14H,4-7,11H2,1-3H3/t14-/m0/s1. The zero-order valence-electron chi connectivity index (χ0n) is 13.0. The summed E-state index contributed by atoms with van der Waals surface area (Å²) < 4.78 is 5.08. The first-order valence-corrected chi connectivity index (χ1v) is 7.55. The Bertz CT molecular complexity index is 519. The van der Waals surface area contributed by atoms with E-state index < -0.39 is 0 Å². The molecule has 0 spiro atoms. The minimum atomic E-state index is -0.187. The van der Waals surface area contributed by atoms with E-state index >= 15 is 0 Å². The van der Waals surface area contributed by atoms with Crippen LogP contribution in [0.1, 0.15) is 41.3 Å². The van der Waals surface area contributed by atoms with E-state index in [-0.39, 0.29) is 17.8 Å². The van der Waals surface area contributed by atoms with Crippen molar-refractivity contribution in [1.82, 2.24) is 4.90 Å². The average Bonchev–Trinajstić information content (AvgIpc) is 2.46. The summed E-state index contributed by atoms with van der Waals surface area (Å²) in [5, 5.41) is 0. The summed E-state index contributed by atoms with van der Waals surface area (Å²) >= 11 is 0. The van der Waals surface area contributed by atoms with E-state index in [2.05, 4.69) is 6.07 Å². The second-order valence-electron chi connectivity index (χ2n) is 5.72. The van der Waals surface area contributed by atoms with Crippen LogP contribution in [0, 0.1) is 19.8 Å². The number of nitrogens with zero attached hydrogens (tertiary/aromatic N) is 1. The van der Waals surface area contributed by atoms with Crippen LogP contribution in [0.5, 0.6) is 0 Å². The molecule has 4 nitrogen and oxygen atoms in total. The molecule has 1 heterocycles. The predicted octanol–water partition coefficient (Wildman–Crippen LogP) is 2.72. The number of piperidine rings is 1. The predicted molar refractivity (Wildman–Crippen MR) is 81.2 cm³/mol. The van der Waals surface area contributed by atoms with Crippen molar-refractivity contribution in [1.29, 1.82) is 0 Å². The lowest BCUT2D eigenvalue weighted by Crippen LogP contribution is -2.42. The molecule has 2 rings (SSSR count). The number of amides is 1. The van der Waals surface area contributed by atoms with Crippen LogP contribution in [0.15, 0.2) is 18.2 Å². The average molecular weight is 289 g/mol. The van der Waals surface area contributed by atoms with Gasteiger partial charge in [0.25, 0.3) is 5.91 Å². The quantitative estimate of drug-likeness (QED) is 0.804. The molecule has 21 heavy (non-hydrogen) atoms. The van der Waals surface area contributed by atoms with Crippen LogP contribution in [0.25, 0.3) is 0 Å². The molecule has 0 aliphatic carbocycles. The Morgan fingerprint density at radius 1 is 1.24 bits per heavy atom. The van der Waals surface area contributed by atoms with Gasteiger partial charge in [-0.15, -0.1) is 0 Å². The van der Waals surface area contributed by atoms with E-state index in [0.717, 1.165) is 24.0 Å². The SMILES string of the molecule is CCOC(=O)[C@H]1CCCN(C(=O)c2cc(C)cc(C)c2)C1. The van der Waals surface area contributed by atoms with Crippen molar-refractivity contribution in [2.24, 2.45) is 5.92 Å². The number of carbonyl (C=O) groups is 2. The van der Waals surface area contributed by atoms with Gasteiger partial charge in [-0.1, -0.05) is 17.2 Å².